The smallest absolute Gasteiger partial charge is 0.308 e. The van der Waals surface area contributed by atoms with Gasteiger partial charge in [0.25, 0.3) is 0 Å². The molecular weight excluding hydrogens is 351 g/mol. The summed E-state index contributed by atoms with van der Waals surface area (Å²) in [6, 6.07) is 10.8. The summed E-state index contributed by atoms with van der Waals surface area (Å²) in [5.41, 5.74) is 2.99. The molecular formula is C19H13FN4OS. The lowest BCUT2D eigenvalue weighted by molar-refractivity contribution is 0.262. The molecule has 5 nitrogen and oxygen atoms in total. The van der Waals surface area contributed by atoms with Crippen molar-refractivity contribution >= 4 is 39.8 Å². The van der Waals surface area contributed by atoms with Gasteiger partial charge in [0.05, 0.1) is 5.52 Å². The quantitative estimate of drug-likeness (QED) is 0.529. The van der Waals surface area contributed by atoms with Crippen molar-refractivity contribution in [3.63, 3.8) is 0 Å². The molecule has 0 bridgehead atoms. The predicted molar refractivity (Wildman–Crippen MR) is 102 cm³/mol. The van der Waals surface area contributed by atoms with Gasteiger partial charge < -0.3 is 5.32 Å². The first-order chi connectivity index (χ1) is 12.7. The minimum Gasteiger partial charge on any atom is -0.308 e. The zero-order valence-corrected chi connectivity index (χ0v) is 14.3. The molecule has 0 fully saturated rings. The summed E-state index contributed by atoms with van der Waals surface area (Å²) in [7, 11) is 0. The van der Waals surface area contributed by atoms with Crippen LogP contribution in [0.15, 0.2) is 65.6 Å². The fraction of sp³-hybridized carbons (Fsp3) is 0. The maximum Gasteiger partial charge on any atom is 0.324 e. The van der Waals surface area contributed by atoms with E-state index in [-0.39, 0.29) is 5.82 Å². The summed E-state index contributed by atoms with van der Waals surface area (Å²) >= 11 is 1.56. The summed E-state index contributed by atoms with van der Waals surface area (Å²) in [5, 5.41) is 10.3. The van der Waals surface area contributed by atoms with Crippen LogP contribution in [0.25, 0.3) is 22.0 Å². The number of pyridine rings is 2. The van der Waals surface area contributed by atoms with Crippen LogP contribution >= 0.6 is 11.3 Å². The summed E-state index contributed by atoms with van der Waals surface area (Å²) < 4.78 is 13.0. The molecule has 0 radical (unpaired) electrons. The third-order valence-corrected chi connectivity index (χ3v) is 4.46. The Bertz CT molecular complexity index is 1060. The molecule has 0 aliphatic carbocycles. The van der Waals surface area contributed by atoms with Gasteiger partial charge in [0.2, 0.25) is 0 Å². The lowest BCUT2D eigenvalue weighted by Gasteiger charge is -2.12. The fourth-order valence-electron chi connectivity index (χ4n) is 2.55. The van der Waals surface area contributed by atoms with E-state index in [1.807, 2.05) is 22.9 Å². The van der Waals surface area contributed by atoms with E-state index in [2.05, 4.69) is 20.6 Å². The van der Waals surface area contributed by atoms with Gasteiger partial charge in [-0.05, 0) is 58.8 Å². The molecule has 3 heterocycles. The highest BCUT2D eigenvalue weighted by Crippen LogP contribution is 2.31. The van der Waals surface area contributed by atoms with Gasteiger partial charge in [-0.1, -0.05) is 0 Å². The number of thiophene rings is 1. The van der Waals surface area contributed by atoms with E-state index in [0.29, 0.717) is 11.5 Å². The van der Waals surface area contributed by atoms with E-state index in [4.69, 9.17) is 0 Å². The number of amides is 2. The SMILES string of the molecule is O=C(Nc1ccc(F)cc1)Nc1nc2ccncc2cc1-c1ccsc1. The molecule has 0 atom stereocenters. The summed E-state index contributed by atoms with van der Waals surface area (Å²) in [6.07, 6.45) is 3.39. The van der Waals surface area contributed by atoms with Crippen LogP contribution in [0.1, 0.15) is 0 Å². The van der Waals surface area contributed by atoms with E-state index in [0.717, 1.165) is 22.0 Å². The van der Waals surface area contributed by atoms with Crippen molar-refractivity contribution in [3.8, 4) is 11.1 Å². The van der Waals surface area contributed by atoms with Crippen LogP contribution in [-0.4, -0.2) is 16.0 Å². The third-order valence-electron chi connectivity index (χ3n) is 3.78. The van der Waals surface area contributed by atoms with Crippen LogP contribution in [0.4, 0.5) is 20.7 Å². The van der Waals surface area contributed by atoms with Crippen molar-refractivity contribution in [2.45, 2.75) is 0 Å². The fourth-order valence-corrected chi connectivity index (χ4v) is 3.21. The Kier molecular flexibility index (Phi) is 4.28. The standard InChI is InChI=1S/C19H13FN4OS/c20-14-1-3-15(4-2-14)22-19(25)24-18-16(12-6-8-26-11-12)9-13-10-21-7-5-17(13)23-18/h1-11H,(H2,22,23,24,25). The van der Waals surface area contributed by atoms with E-state index in [1.54, 1.807) is 29.8 Å². The highest BCUT2D eigenvalue weighted by molar-refractivity contribution is 7.08. The molecule has 0 spiro atoms. The van der Waals surface area contributed by atoms with Crippen molar-refractivity contribution in [3.05, 3.63) is 71.4 Å². The molecule has 7 heteroatoms. The Morgan fingerprint density at radius 2 is 1.92 bits per heavy atom. The number of hydrogen-bond donors (Lipinski definition) is 2. The third kappa shape index (κ3) is 3.38. The molecule has 0 aliphatic rings. The molecule has 1 aromatic carbocycles. The van der Waals surface area contributed by atoms with Gasteiger partial charge in [-0.25, -0.2) is 14.2 Å². The number of urea groups is 1. The van der Waals surface area contributed by atoms with Crippen LogP contribution in [0.5, 0.6) is 0 Å². The minimum atomic E-state index is -0.450. The molecule has 128 valence electrons. The zero-order valence-electron chi connectivity index (χ0n) is 13.4. The molecule has 0 aliphatic heterocycles. The van der Waals surface area contributed by atoms with Gasteiger partial charge in [-0.15, -0.1) is 0 Å². The Hall–Kier alpha value is -3.32. The Labute approximate surface area is 152 Å². The van der Waals surface area contributed by atoms with Gasteiger partial charge in [0, 0.05) is 29.0 Å². The van der Waals surface area contributed by atoms with Gasteiger partial charge in [0.1, 0.15) is 11.6 Å². The number of aromatic nitrogens is 2. The van der Waals surface area contributed by atoms with E-state index in [9.17, 15) is 9.18 Å². The number of nitrogens with one attached hydrogen (secondary N) is 2. The molecule has 3 aromatic heterocycles. The number of carbonyl (C=O) groups excluding carboxylic acids is 1. The monoisotopic (exact) mass is 364 g/mol. The van der Waals surface area contributed by atoms with E-state index < -0.39 is 6.03 Å². The van der Waals surface area contributed by atoms with Crippen LogP contribution in [0, 0.1) is 5.82 Å². The number of anilines is 2. The predicted octanol–water partition coefficient (Wildman–Crippen LogP) is 5.14. The normalized spacial score (nSPS) is 10.7. The van der Waals surface area contributed by atoms with Crippen molar-refractivity contribution in [2.24, 2.45) is 0 Å². The summed E-state index contributed by atoms with van der Waals surface area (Å²) in [4.78, 5) is 21.0. The van der Waals surface area contributed by atoms with Gasteiger partial charge >= 0.3 is 6.03 Å². The molecule has 2 N–H and O–H groups in total. The molecule has 4 aromatic rings. The number of hydrogen-bond acceptors (Lipinski definition) is 4. The van der Waals surface area contributed by atoms with Crippen molar-refractivity contribution < 1.29 is 9.18 Å². The maximum atomic E-state index is 13.0. The van der Waals surface area contributed by atoms with Crippen molar-refractivity contribution in [1.29, 1.82) is 0 Å². The maximum absolute atomic E-state index is 13.0. The second-order valence-electron chi connectivity index (χ2n) is 5.55. The van der Waals surface area contributed by atoms with E-state index in [1.165, 1.54) is 24.3 Å². The first-order valence-corrected chi connectivity index (χ1v) is 8.74. The average molecular weight is 364 g/mol. The van der Waals surface area contributed by atoms with Crippen molar-refractivity contribution in [1.82, 2.24) is 9.97 Å². The topological polar surface area (TPSA) is 66.9 Å². The molecule has 0 saturated heterocycles. The number of nitrogens with zero attached hydrogens (tertiary/aromatic N) is 2. The molecule has 0 unspecified atom stereocenters. The van der Waals surface area contributed by atoms with Gasteiger partial charge in [-0.2, -0.15) is 11.3 Å². The lowest BCUT2D eigenvalue weighted by atomic mass is 10.1. The van der Waals surface area contributed by atoms with Crippen LogP contribution in [-0.2, 0) is 0 Å². The summed E-state index contributed by atoms with van der Waals surface area (Å²) in [5.74, 6) is 0.0854. The average Bonchev–Trinajstić information content (AvgIpc) is 3.17. The van der Waals surface area contributed by atoms with Crippen LogP contribution < -0.4 is 10.6 Å². The van der Waals surface area contributed by atoms with E-state index >= 15 is 0 Å². The second kappa shape index (κ2) is 6.89. The highest BCUT2D eigenvalue weighted by Gasteiger charge is 2.13. The van der Waals surface area contributed by atoms with Gasteiger partial charge in [-0.3, -0.25) is 10.3 Å². The zero-order chi connectivity index (χ0) is 17.9. The number of halogens is 1. The lowest BCUT2D eigenvalue weighted by Crippen LogP contribution is -2.20. The largest absolute Gasteiger partial charge is 0.324 e. The first kappa shape index (κ1) is 16.2. The van der Waals surface area contributed by atoms with Gasteiger partial charge in [0.15, 0.2) is 0 Å². The van der Waals surface area contributed by atoms with Crippen LogP contribution in [0.3, 0.4) is 0 Å². The molecule has 0 saturated carbocycles. The molecule has 26 heavy (non-hydrogen) atoms. The highest BCUT2D eigenvalue weighted by atomic mass is 32.1. The Morgan fingerprint density at radius 3 is 2.69 bits per heavy atom. The Balaban J connectivity index is 1.67. The summed E-state index contributed by atoms with van der Waals surface area (Å²) in [6.45, 7) is 0. The number of benzene rings is 1. The van der Waals surface area contributed by atoms with Crippen LogP contribution in [0.2, 0.25) is 0 Å². The molecule has 4 rings (SSSR count). The first-order valence-electron chi connectivity index (χ1n) is 7.80. The number of rotatable bonds is 3. The minimum absolute atomic E-state index is 0.361. The number of carbonyl (C=O) groups is 1. The molecule has 2 amide bonds. The number of fused-ring (bicyclic) bond motifs is 1. The second-order valence-corrected chi connectivity index (χ2v) is 6.33. The Morgan fingerprint density at radius 1 is 1.08 bits per heavy atom. The van der Waals surface area contributed by atoms with Crippen molar-refractivity contribution in [2.75, 3.05) is 10.6 Å².